The molecule has 1 fully saturated rings. The van der Waals surface area contributed by atoms with E-state index in [1.807, 2.05) is 6.07 Å². The lowest BCUT2D eigenvalue weighted by Gasteiger charge is -2.17. The van der Waals surface area contributed by atoms with E-state index in [1.165, 1.54) is 5.56 Å². The molecule has 76 valence electrons. The third-order valence-electron chi connectivity index (χ3n) is 2.97. The summed E-state index contributed by atoms with van der Waals surface area (Å²) in [7, 11) is 0. The predicted molar refractivity (Wildman–Crippen MR) is 57.1 cm³/mol. The van der Waals surface area contributed by atoms with Gasteiger partial charge in [0.15, 0.2) is 0 Å². The molecule has 0 spiro atoms. The summed E-state index contributed by atoms with van der Waals surface area (Å²) in [6.45, 7) is 6.13. The van der Waals surface area contributed by atoms with Crippen molar-refractivity contribution in [3.05, 3.63) is 35.9 Å². The summed E-state index contributed by atoms with van der Waals surface area (Å²) >= 11 is 0. The third kappa shape index (κ3) is 2.14. The molecule has 14 heavy (non-hydrogen) atoms. The lowest BCUT2D eigenvalue weighted by Crippen LogP contribution is -2.37. The average molecular weight is 191 g/mol. The van der Waals surface area contributed by atoms with Gasteiger partial charge >= 0.3 is 0 Å². The normalized spacial score (nSPS) is 27.3. The fourth-order valence-corrected chi connectivity index (χ4v) is 1.45. The maximum atomic E-state index is 5.38. The van der Waals surface area contributed by atoms with Gasteiger partial charge in [0, 0.05) is 12.6 Å². The zero-order chi connectivity index (χ0) is 10.0. The van der Waals surface area contributed by atoms with E-state index < -0.39 is 0 Å². The van der Waals surface area contributed by atoms with Crippen molar-refractivity contribution in [3.8, 4) is 0 Å². The molecular weight excluding hydrogens is 174 g/mol. The van der Waals surface area contributed by atoms with Crippen molar-refractivity contribution in [2.24, 2.45) is 0 Å². The highest BCUT2D eigenvalue weighted by Gasteiger charge is 2.44. The molecule has 2 rings (SSSR count). The molecule has 0 aliphatic carbocycles. The van der Waals surface area contributed by atoms with E-state index in [-0.39, 0.29) is 5.60 Å². The third-order valence-corrected chi connectivity index (χ3v) is 2.97. The molecule has 0 saturated carbocycles. The number of nitrogens with one attached hydrogen (secondary N) is 1. The van der Waals surface area contributed by atoms with Crippen molar-refractivity contribution in [1.29, 1.82) is 0 Å². The molecule has 1 aliphatic heterocycles. The van der Waals surface area contributed by atoms with Crippen LogP contribution in [0.1, 0.15) is 19.4 Å². The van der Waals surface area contributed by atoms with Crippen molar-refractivity contribution in [2.75, 3.05) is 6.61 Å². The molecule has 1 aromatic rings. The van der Waals surface area contributed by atoms with E-state index in [9.17, 15) is 0 Å². The van der Waals surface area contributed by atoms with E-state index in [0.717, 1.165) is 13.2 Å². The second-order valence-corrected chi connectivity index (χ2v) is 4.19. The molecule has 2 atom stereocenters. The SMILES string of the molecule is CC(NCc1ccccc1)C1(C)CO1. The molecule has 2 heteroatoms. The Kier molecular flexibility index (Phi) is 2.57. The van der Waals surface area contributed by atoms with Gasteiger partial charge in [-0.3, -0.25) is 0 Å². The van der Waals surface area contributed by atoms with Crippen LogP contribution in [0.15, 0.2) is 30.3 Å². The van der Waals surface area contributed by atoms with Crippen LogP contribution in [0.25, 0.3) is 0 Å². The Labute approximate surface area is 85.3 Å². The summed E-state index contributed by atoms with van der Waals surface area (Å²) in [5, 5.41) is 3.48. The van der Waals surface area contributed by atoms with Crippen LogP contribution >= 0.6 is 0 Å². The standard InChI is InChI=1S/C12H17NO/c1-10(12(2)9-14-12)13-8-11-6-4-3-5-7-11/h3-7,10,13H,8-9H2,1-2H3. The molecular formula is C12H17NO. The Hall–Kier alpha value is -0.860. The molecule has 0 aromatic heterocycles. The molecule has 1 heterocycles. The first-order valence-corrected chi connectivity index (χ1v) is 5.12. The van der Waals surface area contributed by atoms with Gasteiger partial charge < -0.3 is 10.1 Å². The van der Waals surface area contributed by atoms with Crippen molar-refractivity contribution in [1.82, 2.24) is 5.32 Å². The molecule has 0 bridgehead atoms. The van der Waals surface area contributed by atoms with Crippen LogP contribution < -0.4 is 5.32 Å². The van der Waals surface area contributed by atoms with E-state index >= 15 is 0 Å². The number of hydrogen-bond donors (Lipinski definition) is 1. The first kappa shape index (κ1) is 9.69. The topological polar surface area (TPSA) is 24.6 Å². The van der Waals surface area contributed by atoms with Gasteiger partial charge in [0.05, 0.1) is 6.61 Å². The molecule has 0 radical (unpaired) electrons. The van der Waals surface area contributed by atoms with Gasteiger partial charge in [-0.25, -0.2) is 0 Å². The lowest BCUT2D eigenvalue weighted by atomic mass is 10.1. The molecule has 2 nitrogen and oxygen atoms in total. The molecule has 1 N–H and O–H groups in total. The summed E-state index contributed by atoms with van der Waals surface area (Å²) in [5.74, 6) is 0. The number of ether oxygens (including phenoxy) is 1. The van der Waals surface area contributed by atoms with Crippen LogP contribution in [-0.4, -0.2) is 18.2 Å². The van der Waals surface area contributed by atoms with Crippen LogP contribution in [0.5, 0.6) is 0 Å². The number of epoxide rings is 1. The van der Waals surface area contributed by atoms with Crippen LogP contribution in [0.3, 0.4) is 0 Å². The Balaban J connectivity index is 1.83. The van der Waals surface area contributed by atoms with Gasteiger partial charge in [0.25, 0.3) is 0 Å². The number of hydrogen-bond acceptors (Lipinski definition) is 2. The van der Waals surface area contributed by atoms with Gasteiger partial charge in [-0.1, -0.05) is 30.3 Å². The molecule has 2 unspecified atom stereocenters. The summed E-state index contributed by atoms with van der Waals surface area (Å²) in [6, 6.07) is 10.9. The quantitative estimate of drug-likeness (QED) is 0.736. The zero-order valence-electron chi connectivity index (χ0n) is 8.79. The molecule has 0 amide bonds. The predicted octanol–water partition coefficient (Wildman–Crippen LogP) is 1.95. The van der Waals surface area contributed by atoms with E-state index in [4.69, 9.17) is 4.74 Å². The van der Waals surface area contributed by atoms with E-state index in [2.05, 4.69) is 43.4 Å². The Bertz CT molecular complexity index is 292. The maximum Gasteiger partial charge on any atom is 0.104 e. The van der Waals surface area contributed by atoms with Crippen molar-refractivity contribution >= 4 is 0 Å². The smallest absolute Gasteiger partial charge is 0.104 e. The summed E-state index contributed by atoms with van der Waals surface area (Å²) in [5.41, 5.74) is 1.40. The highest BCUT2D eigenvalue weighted by atomic mass is 16.6. The van der Waals surface area contributed by atoms with Gasteiger partial charge in [-0.15, -0.1) is 0 Å². The van der Waals surface area contributed by atoms with Gasteiger partial charge in [0.2, 0.25) is 0 Å². The van der Waals surface area contributed by atoms with E-state index in [0.29, 0.717) is 6.04 Å². The van der Waals surface area contributed by atoms with Gasteiger partial charge in [-0.2, -0.15) is 0 Å². The van der Waals surface area contributed by atoms with Crippen LogP contribution in [0.2, 0.25) is 0 Å². The second-order valence-electron chi connectivity index (χ2n) is 4.19. The monoisotopic (exact) mass is 191 g/mol. The summed E-state index contributed by atoms with van der Waals surface area (Å²) < 4.78 is 5.38. The maximum absolute atomic E-state index is 5.38. The van der Waals surface area contributed by atoms with Crippen LogP contribution in [-0.2, 0) is 11.3 Å². The van der Waals surface area contributed by atoms with E-state index in [1.54, 1.807) is 0 Å². The minimum absolute atomic E-state index is 0.0782. The minimum Gasteiger partial charge on any atom is -0.368 e. The van der Waals surface area contributed by atoms with Crippen molar-refractivity contribution in [3.63, 3.8) is 0 Å². The molecule has 1 saturated heterocycles. The number of rotatable bonds is 4. The largest absolute Gasteiger partial charge is 0.368 e. The highest BCUT2D eigenvalue weighted by molar-refractivity contribution is 5.14. The minimum atomic E-state index is 0.0782. The molecule has 1 aliphatic rings. The summed E-state index contributed by atoms with van der Waals surface area (Å²) in [4.78, 5) is 0. The van der Waals surface area contributed by atoms with Crippen molar-refractivity contribution < 1.29 is 4.74 Å². The fourth-order valence-electron chi connectivity index (χ4n) is 1.45. The lowest BCUT2D eigenvalue weighted by molar-refractivity contribution is 0.263. The van der Waals surface area contributed by atoms with Gasteiger partial charge in [-0.05, 0) is 19.4 Å². The van der Waals surface area contributed by atoms with Gasteiger partial charge in [0.1, 0.15) is 5.60 Å². The van der Waals surface area contributed by atoms with Crippen molar-refractivity contribution in [2.45, 2.75) is 32.0 Å². The average Bonchev–Trinajstić information content (AvgIpc) is 2.96. The number of benzene rings is 1. The second kappa shape index (κ2) is 3.71. The highest BCUT2D eigenvalue weighted by Crippen LogP contribution is 2.29. The summed E-state index contributed by atoms with van der Waals surface area (Å²) in [6.07, 6.45) is 0. The first-order chi connectivity index (χ1) is 6.71. The van der Waals surface area contributed by atoms with Crippen LogP contribution in [0.4, 0.5) is 0 Å². The Morgan fingerprint density at radius 2 is 2.07 bits per heavy atom. The van der Waals surface area contributed by atoms with Crippen LogP contribution in [0, 0.1) is 0 Å². The fraction of sp³-hybridized carbons (Fsp3) is 0.500. The first-order valence-electron chi connectivity index (χ1n) is 5.12. The zero-order valence-corrected chi connectivity index (χ0v) is 8.79. The Morgan fingerprint density at radius 3 is 2.64 bits per heavy atom. The Morgan fingerprint density at radius 1 is 1.43 bits per heavy atom. The molecule has 1 aromatic carbocycles.